The Kier molecular flexibility index (Phi) is 8.03. The first kappa shape index (κ1) is 22.8. The first-order valence-electron chi connectivity index (χ1n) is 9.76. The monoisotopic (exact) mass is 454 g/mol. The molecule has 0 saturated carbocycles. The zero-order valence-electron chi connectivity index (χ0n) is 17.2. The van der Waals surface area contributed by atoms with Crippen molar-refractivity contribution in [2.75, 3.05) is 11.2 Å². The van der Waals surface area contributed by atoms with Crippen LogP contribution < -0.4 is 10.6 Å². The average Bonchev–Trinajstić information content (AvgIpc) is 2.79. The van der Waals surface area contributed by atoms with Gasteiger partial charge in [0.1, 0.15) is 16.3 Å². The van der Waals surface area contributed by atoms with Gasteiger partial charge in [-0.2, -0.15) is 0 Å². The molecule has 0 aliphatic carbocycles. The van der Waals surface area contributed by atoms with Gasteiger partial charge in [0.05, 0.1) is 5.56 Å². The predicted octanol–water partition coefficient (Wildman–Crippen LogP) is 5.00. The smallest absolute Gasteiger partial charge is 0.258 e. The third-order valence-electron chi connectivity index (χ3n) is 4.48. The Morgan fingerprint density at radius 2 is 1.81 bits per heavy atom. The quantitative estimate of drug-likeness (QED) is 0.284. The maximum absolute atomic E-state index is 13.0. The van der Waals surface area contributed by atoms with Crippen LogP contribution in [0.1, 0.15) is 46.6 Å². The number of aromatic nitrogens is 2. The molecule has 2 aromatic heterocycles. The number of halogens is 1. The van der Waals surface area contributed by atoms with Crippen LogP contribution in [0.4, 0.5) is 5.69 Å². The molecule has 6 nitrogen and oxygen atoms in total. The number of pyridine rings is 2. The van der Waals surface area contributed by atoms with Gasteiger partial charge in [-0.1, -0.05) is 37.7 Å². The highest BCUT2D eigenvalue weighted by molar-refractivity contribution is 7.99. The summed E-state index contributed by atoms with van der Waals surface area (Å²) in [5.41, 5.74) is 3.10. The Morgan fingerprint density at radius 1 is 1.03 bits per heavy atom. The van der Waals surface area contributed by atoms with Gasteiger partial charge in [-0.3, -0.25) is 14.6 Å². The van der Waals surface area contributed by atoms with E-state index in [1.54, 1.807) is 42.9 Å². The largest absolute Gasteiger partial charge is 0.339 e. The number of hydrogen-bond donors (Lipinski definition) is 2. The van der Waals surface area contributed by atoms with Crippen LogP contribution in [0, 0.1) is 0 Å². The number of carbonyl (C=O) groups excluding carboxylic acids is 2. The number of anilines is 1. The molecule has 2 amide bonds. The lowest BCUT2D eigenvalue weighted by atomic mass is 10.0. The summed E-state index contributed by atoms with van der Waals surface area (Å²) in [7, 11) is 0. The lowest BCUT2D eigenvalue weighted by Crippen LogP contribution is -2.28. The molecule has 8 heteroatoms. The maximum atomic E-state index is 13.0. The fraction of sp³-hybridized carbons (Fsp3) is 0.217. The van der Waals surface area contributed by atoms with Gasteiger partial charge < -0.3 is 10.6 Å². The van der Waals surface area contributed by atoms with Crippen molar-refractivity contribution in [2.45, 2.75) is 30.2 Å². The van der Waals surface area contributed by atoms with Crippen molar-refractivity contribution in [3.63, 3.8) is 0 Å². The summed E-state index contributed by atoms with van der Waals surface area (Å²) in [6.45, 7) is 4.20. The molecule has 0 aliphatic heterocycles. The lowest BCUT2D eigenvalue weighted by molar-refractivity contribution is -0.118. The van der Waals surface area contributed by atoms with Crippen molar-refractivity contribution in [1.82, 2.24) is 15.3 Å². The Balaban J connectivity index is 1.85. The topological polar surface area (TPSA) is 84.0 Å². The van der Waals surface area contributed by atoms with Crippen molar-refractivity contribution in [2.24, 2.45) is 0 Å². The summed E-state index contributed by atoms with van der Waals surface area (Å²) >= 11 is 6.95. The van der Waals surface area contributed by atoms with Gasteiger partial charge in [0.25, 0.3) is 5.91 Å². The van der Waals surface area contributed by atoms with Gasteiger partial charge >= 0.3 is 0 Å². The minimum absolute atomic E-state index is 0.163. The number of thioether (sulfide) groups is 1. The van der Waals surface area contributed by atoms with E-state index in [0.717, 1.165) is 16.8 Å². The summed E-state index contributed by atoms with van der Waals surface area (Å²) in [6.07, 6.45) is 4.90. The summed E-state index contributed by atoms with van der Waals surface area (Å²) in [4.78, 5) is 33.4. The molecule has 0 radical (unpaired) electrons. The van der Waals surface area contributed by atoms with Crippen molar-refractivity contribution < 1.29 is 9.59 Å². The Bertz CT molecular complexity index is 1050. The molecule has 0 saturated heterocycles. The van der Waals surface area contributed by atoms with E-state index in [4.69, 9.17) is 11.6 Å². The van der Waals surface area contributed by atoms with Crippen molar-refractivity contribution in [3.8, 4) is 0 Å². The highest BCUT2D eigenvalue weighted by Crippen LogP contribution is 2.34. The van der Waals surface area contributed by atoms with Crippen LogP contribution in [-0.4, -0.2) is 27.7 Å². The number of carbonyl (C=O) groups is 2. The number of hydrogen-bond acceptors (Lipinski definition) is 5. The fourth-order valence-electron chi connectivity index (χ4n) is 2.85. The van der Waals surface area contributed by atoms with Crippen molar-refractivity contribution in [1.29, 1.82) is 0 Å². The van der Waals surface area contributed by atoms with E-state index in [0.29, 0.717) is 16.5 Å². The molecule has 3 rings (SSSR count). The average molecular weight is 455 g/mol. The van der Waals surface area contributed by atoms with Crippen LogP contribution in [-0.2, 0) is 4.79 Å². The standard InChI is InChI=1S/C23H23ClN4O2S/c1-15(2)17-5-3-6-18(13-17)27-21(30)19-7-4-10-26-23(19)31-22(28-20(29)14-24)16-8-11-25-12-9-16/h3-13,15,22H,14H2,1-2H3,(H,27,30)(H,28,29). The van der Waals surface area contributed by atoms with Crippen molar-refractivity contribution in [3.05, 3.63) is 83.8 Å². The molecule has 1 aromatic carbocycles. The predicted molar refractivity (Wildman–Crippen MR) is 124 cm³/mol. The van der Waals surface area contributed by atoms with Crippen LogP contribution in [0.2, 0.25) is 0 Å². The minimum atomic E-state index is -0.472. The van der Waals surface area contributed by atoms with Crippen LogP contribution in [0.15, 0.2) is 72.1 Å². The Labute approximate surface area is 190 Å². The maximum Gasteiger partial charge on any atom is 0.258 e. The second-order valence-electron chi connectivity index (χ2n) is 7.07. The molecule has 31 heavy (non-hydrogen) atoms. The number of rotatable bonds is 8. The molecular formula is C23H23ClN4O2S. The summed E-state index contributed by atoms with van der Waals surface area (Å²) in [5.74, 6) is -0.394. The zero-order valence-corrected chi connectivity index (χ0v) is 18.8. The number of nitrogens with zero attached hydrogens (tertiary/aromatic N) is 2. The summed E-state index contributed by atoms with van der Waals surface area (Å²) in [6, 6.07) is 14.8. The second-order valence-corrected chi connectivity index (χ2v) is 8.43. The molecule has 2 heterocycles. The van der Waals surface area contributed by atoms with E-state index in [9.17, 15) is 9.59 Å². The van der Waals surface area contributed by atoms with Crippen LogP contribution >= 0.6 is 23.4 Å². The van der Waals surface area contributed by atoms with E-state index in [2.05, 4.69) is 34.4 Å². The molecule has 1 atom stereocenters. The van der Waals surface area contributed by atoms with Gasteiger partial charge in [0, 0.05) is 24.3 Å². The van der Waals surface area contributed by atoms with E-state index < -0.39 is 5.37 Å². The van der Waals surface area contributed by atoms with Crippen LogP contribution in [0.25, 0.3) is 0 Å². The minimum Gasteiger partial charge on any atom is -0.339 e. The molecule has 160 valence electrons. The molecule has 0 bridgehead atoms. The first-order valence-corrected chi connectivity index (χ1v) is 11.2. The molecule has 3 aromatic rings. The SMILES string of the molecule is CC(C)c1cccc(NC(=O)c2cccnc2SC(NC(=O)CCl)c2ccncc2)c1. The van der Waals surface area contributed by atoms with E-state index in [1.807, 2.05) is 24.3 Å². The number of alkyl halides is 1. The van der Waals surface area contributed by atoms with Gasteiger partial charge in [-0.05, 0) is 53.4 Å². The number of nitrogens with one attached hydrogen (secondary N) is 2. The van der Waals surface area contributed by atoms with Crippen LogP contribution in [0.5, 0.6) is 0 Å². The number of amides is 2. The third kappa shape index (κ3) is 6.29. The third-order valence-corrected chi connectivity index (χ3v) is 5.90. The van der Waals surface area contributed by atoms with Crippen molar-refractivity contribution >= 4 is 40.9 Å². The molecule has 1 unspecified atom stereocenters. The molecule has 0 aliphatic rings. The van der Waals surface area contributed by atoms with Gasteiger partial charge in [0.15, 0.2) is 0 Å². The highest BCUT2D eigenvalue weighted by atomic mass is 35.5. The first-order chi connectivity index (χ1) is 15.0. The lowest BCUT2D eigenvalue weighted by Gasteiger charge is -2.19. The Hall–Kier alpha value is -2.90. The van der Waals surface area contributed by atoms with Crippen LogP contribution in [0.3, 0.4) is 0 Å². The second kappa shape index (κ2) is 10.9. The van der Waals surface area contributed by atoms with Gasteiger partial charge in [-0.15, -0.1) is 11.6 Å². The zero-order chi connectivity index (χ0) is 22.2. The van der Waals surface area contributed by atoms with E-state index in [-0.39, 0.29) is 17.7 Å². The van der Waals surface area contributed by atoms with Gasteiger partial charge in [-0.25, -0.2) is 4.98 Å². The Morgan fingerprint density at radius 3 is 2.52 bits per heavy atom. The summed E-state index contributed by atoms with van der Waals surface area (Å²) in [5, 5.41) is 5.83. The normalized spacial score (nSPS) is 11.7. The fourth-order valence-corrected chi connectivity index (χ4v) is 4.04. The molecule has 2 N–H and O–H groups in total. The summed E-state index contributed by atoms with van der Waals surface area (Å²) < 4.78 is 0. The highest BCUT2D eigenvalue weighted by Gasteiger charge is 2.21. The number of benzene rings is 1. The van der Waals surface area contributed by atoms with E-state index >= 15 is 0 Å². The molecular weight excluding hydrogens is 432 g/mol. The molecule has 0 spiro atoms. The van der Waals surface area contributed by atoms with E-state index in [1.165, 1.54) is 11.8 Å². The van der Waals surface area contributed by atoms with Gasteiger partial charge in [0.2, 0.25) is 5.91 Å². The molecule has 0 fully saturated rings.